The lowest BCUT2D eigenvalue weighted by Gasteiger charge is -2.29. The minimum Gasteiger partial charge on any atom is -0.480 e. The van der Waals surface area contributed by atoms with Gasteiger partial charge in [0.1, 0.15) is 42.3 Å². The number of nitrogens with one attached hydrogen (secondary N) is 9. The van der Waals surface area contributed by atoms with Crippen LogP contribution in [-0.4, -0.2) is 137 Å². The fraction of sp³-hybridized carbons (Fsp3) is 0.440. The third-order valence-corrected chi connectivity index (χ3v) is 12.3. The summed E-state index contributed by atoms with van der Waals surface area (Å²) in [5.74, 6) is -7.66. The van der Waals surface area contributed by atoms with Gasteiger partial charge in [0.2, 0.25) is 47.3 Å². The highest BCUT2D eigenvalue weighted by Gasteiger charge is 2.39. The summed E-state index contributed by atoms with van der Waals surface area (Å²) in [6.07, 6.45) is 1.59. The number of guanidine groups is 1. The molecule has 8 atom stereocenters. The van der Waals surface area contributed by atoms with Crippen molar-refractivity contribution in [2.45, 2.75) is 119 Å². The Morgan fingerprint density at radius 3 is 1.61 bits per heavy atom. The zero-order chi connectivity index (χ0) is 52.2. The molecular weight excluding hydrogens is 929 g/mol. The minimum absolute atomic E-state index is 0.00883. The molecule has 2 aliphatic heterocycles. The van der Waals surface area contributed by atoms with Gasteiger partial charge < -0.3 is 64.0 Å². The van der Waals surface area contributed by atoms with Crippen LogP contribution in [-0.2, 0) is 62.4 Å². The zero-order valence-corrected chi connectivity index (χ0v) is 40.2. The van der Waals surface area contributed by atoms with Crippen LogP contribution < -0.4 is 54.0 Å². The van der Waals surface area contributed by atoms with E-state index in [-0.39, 0.29) is 51.2 Å². The van der Waals surface area contributed by atoms with E-state index in [9.17, 15) is 48.3 Å². The van der Waals surface area contributed by atoms with Crippen LogP contribution in [0.25, 0.3) is 0 Å². The van der Waals surface area contributed by atoms with Crippen LogP contribution in [0.3, 0.4) is 0 Å². The van der Waals surface area contributed by atoms with Crippen LogP contribution in [0.4, 0.5) is 0 Å². The number of likely N-dealkylation sites (tertiary alicyclic amines) is 1. The van der Waals surface area contributed by atoms with Crippen molar-refractivity contribution >= 4 is 59.2 Å². The van der Waals surface area contributed by atoms with Gasteiger partial charge >= 0.3 is 5.97 Å². The van der Waals surface area contributed by atoms with Crippen LogP contribution >= 0.6 is 0 Å². The lowest BCUT2D eigenvalue weighted by molar-refractivity contribution is -0.149. The Morgan fingerprint density at radius 1 is 0.639 bits per heavy atom. The molecule has 22 nitrogen and oxygen atoms in total. The lowest BCUT2D eigenvalue weighted by atomic mass is 10.0. The molecule has 72 heavy (non-hydrogen) atoms. The highest BCUT2D eigenvalue weighted by molar-refractivity contribution is 5.99. The van der Waals surface area contributed by atoms with Gasteiger partial charge in [-0.3, -0.25) is 43.8 Å². The van der Waals surface area contributed by atoms with Crippen LogP contribution in [0.1, 0.15) is 68.6 Å². The maximum Gasteiger partial charge on any atom is 0.326 e. The van der Waals surface area contributed by atoms with E-state index in [1.807, 2.05) is 0 Å². The highest BCUT2D eigenvalue weighted by atomic mass is 16.4. The summed E-state index contributed by atoms with van der Waals surface area (Å²) in [4.78, 5) is 123. The van der Waals surface area contributed by atoms with Crippen molar-refractivity contribution in [3.63, 3.8) is 0 Å². The van der Waals surface area contributed by atoms with Crippen LogP contribution in [0.2, 0.25) is 0 Å². The topological polar surface area (TPSA) is 349 Å². The summed E-state index contributed by atoms with van der Waals surface area (Å²) in [5.41, 5.74) is 12.9. The molecule has 0 spiro atoms. The molecule has 0 bridgehead atoms. The minimum atomic E-state index is -1.67. The maximum absolute atomic E-state index is 14.5. The molecule has 0 radical (unpaired) electrons. The normalized spacial score (nSPS) is 17.6. The number of carboxylic acids is 1. The Hall–Kier alpha value is -7.88. The third-order valence-electron chi connectivity index (χ3n) is 12.3. The quantitative estimate of drug-likeness (QED) is 0.0251. The average Bonchev–Trinajstić information content (AvgIpc) is 4.09. The Morgan fingerprint density at radius 2 is 1.12 bits per heavy atom. The molecule has 3 aromatic carbocycles. The van der Waals surface area contributed by atoms with Gasteiger partial charge in [0, 0.05) is 32.4 Å². The van der Waals surface area contributed by atoms with Gasteiger partial charge in [0.05, 0.1) is 12.5 Å². The predicted octanol–water partition coefficient (Wildman–Crippen LogP) is -1.39. The first-order valence-electron chi connectivity index (χ1n) is 24.1. The fourth-order valence-electron chi connectivity index (χ4n) is 8.54. The molecule has 2 aliphatic rings. The van der Waals surface area contributed by atoms with E-state index in [2.05, 4.69) is 42.5 Å². The van der Waals surface area contributed by atoms with Gasteiger partial charge in [-0.1, -0.05) is 91.0 Å². The Balaban J connectivity index is 1.34. The lowest BCUT2D eigenvalue weighted by Crippen LogP contribution is -2.61. The number of primary amides is 1. The summed E-state index contributed by atoms with van der Waals surface area (Å²) in [7, 11) is 0. The van der Waals surface area contributed by atoms with Crippen molar-refractivity contribution < 1.29 is 48.3 Å². The number of amides is 8. The Labute approximate surface area is 417 Å². The smallest absolute Gasteiger partial charge is 0.326 e. The molecule has 14 N–H and O–H groups in total. The van der Waals surface area contributed by atoms with E-state index in [1.165, 1.54) is 11.8 Å². The van der Waals surface area contributed by atoms with Gasteiger partial charge in [0.15, 0.2) is 5.96 Å². The van der Waals surface area contributed by atoms with Crippen molar-refractivity contribution in [3.05, 3.63) is 108 Å². The molecule has 0 aliphatic carbocycles. The van der Waals surface area contributed by atoms with Gasteiger partial charge in [-0.25, -0.2) is 4.79 Å². The number of carbonyl (C=O) groups is 9. The Kier molecular flexibility index (Phi) is 21.0. The van der Waals surface area contributed by atoms with E-state index >= 15 is 0 Å². The van der Waals surface area contributed by atoms with Crippen molar-refractivity contribution in [1.82, 2.24) is 47.4 Å². The fourth-order valence-corrected chi connectivity index (χ4v) is 8.54. The largest absolute Gasteiger partial charge is 0.480 e. The number of benzene rings is 3. The number of hydrogen-bond donors (Lipinski definition) is 12. The number of hydrogen-bond acceptors (Lipinski definition) is 11. The molecular formula is C50H66N12O10. The van der Waals surface area contributed by atoms with Crippen LogP contribution in [0, 0.1) is 5.41 Å². The molecule has 0 saturated carbocycles. The first-order chi connectivity index (χ1) is 34.5. The first kappa shape index (κ1) is 55.1. The summed E-state index contributed by atoms with van der Waals surface area (Å²) < 4.78 is 0. The number of nitrogens with two attached hydrogens (primary N) is 2. The second-order valence-corrected chi connectivity index (χ2v) is 17.9. The number of carbonyl (C=O) groups excluding carboxylic acids is 8. The maximum atomic E-state index is 14.5. The van der Waals surface area contributed by atoms with Crippen LogP contribution in [0.5, 0.6) is 0 Å². The van der Waals surface area contributed by atoms with Gasteiger partial charge in [-0.2, -0.15) is 0 Å². The molecule has 2 saturated heterocycles. The van der Waals surface area contributed by atoms with E-state index < -0.39 is 108 Å². The summed E-state index contributed by atoms with van der Waals surface area (Å²) >= 11 is 0. The number of rotatable bonds is 26. The van der Waals surface area contributed by atoms with E-state index in [4.69, 9.17) is 16.9 Å². The average molecular weight is 995 g/mol. The second-order valence-electron chi connectivity index (χ2n) is 17.9. The molecule has 22 heteroatoms. The number of nitrogens with zero attached hydrogens (tertiary/aromatic N) is 1. The Bertz CT molecular complexity index is 2370. The molecule has 2 heterocycles. The standard InChI is InChI=1S/C50H66N12O10/c1-30(42(64)61-39(28-33-18-9-4-10-19-33)48(70)62-25-13-22-40(62)49(71)72)56-45(67)38(29-41(51)63)60-47(69)37(27-32-16-7-3-8-17-32)59-46(68)36(26-31-14-5-2-6-15-31)58-44(66)35(21-12-24-55-50(52)53)57-43(65)34-20-11-23-54-34/h2-10,14-19,30,34-40,54H,11-13,20-29H2,1H3,(H2,51,63)(H,56,67)(H,57,65)(H,58,66)(H,59,68)(H,60,69)(H,61,64)(H,71,72)(H4,52,53,55)/t30-,34-,35+,36-,37-,38-,39-,40+/m0/s1. The summed E-state index contributed by atoms with van der Waals surface area (Å²) in [5, 5.41) is 39.0. The van der Waals surface area contributed by atoms with Crippen molar-refractivity contribution in [3.8, 4) is 0 Å². The monoisotopic (exact) mass is 995 g/mol. The molecule has 8 amide bonds. The number of aliphatic carboxylic acids is 1. The third kappa shape index (κ3) is 17.2. The second kappa shape index (κ2) is 27.5. The first-order valence-corrected chi connectivity index (χ1v) is 24.1. The predicted molar refractivity (Wildman–Crippen MR) is 264 cm³/mol. The SMILES string of the molecule is C[C@H](NC(=O)[C@H](CC(N)=O)NC(=O)[C@H](Cc1ccccc1)NC(=O)[C@H](Cc1ccccc1)NC(=O)[C@@H](CCCNC(=N)N)NC(=O)[C@@H]1CCCN1)C(=O)N[C@@H](Cc1ccccc1)C(=O)N1CCC[C@@H]1C(=O)O. The van der Waals surface area contributed by atoms with Crippen molar-refractivity contribution in [1.29, 1.82) is 5.41 Å². The van der Waals surface area contributed by atoms with Crippen molar-refractivity contribution in [2.24, 2.45) is 11.5 Å². The highest BCUT2D eigenvalue weighted by Crippen LogP contribution is 2.20. The summed E-state index contributed by atoms with van der Waals surface area (Å²) in [6.45, 7) is 2.36. The number of carboxylic acid groups (broad SMARTS) is 1. The molecule has 0 unspecified atom stereocenters. The van der Waals surface area contributed by atoms with Gasteiger partial charge in [-0.15, -0.1) is 0 Å². The van der Waals surface area contributed by atoms with Crippen LogP contribution in [0.15, 0.2) is 91.0 Å². The molecule has 3 aromatic rings. The van der Waals surface area contributed by atoms with Gasteiger partial charge in [0.25, 0.3) is 0 Å². The zero-order valence-electron chi connectivity index (χ0n) is 40.2. The van der Waals surface area contributed by atoms with E-state index in [0.717, 1.165) is 6.42 Å². The molecule has 386 valence electrons. The molecule has 0 aromatic heterocycles. The van der Waals surface area contributed by atoms with Gasteiger partial charge in [-0.05, 0) is 68.7 Å². The van der Waals surface area contributed by atoms with Crippen molar-refractivity contribution in [2.75, 3.05) is 19.6 Å². The van der Waals surface area contributed by atoms with E-state index in [0.29, 0.717) is 42.5 Å². The molecule has 2 fully saturated rings. The summed E-state index contributed by atoms with van der Waals surface area (Å²) in [6, 6.07) is 16.4. The van der Waals surface area contributed by atoms with E-state index in [1.54, 1.807) is 91.0 Å². The molecule has 5 rings (SSSR count).